The first-order valence-corrected chi connectivity index (χ1v) is 16.8. The largest absolute Gasteiger partial charge is 0.573 e. The van der Waals surface area contributed by atoms with Crippen LogP contribution in [0.1, 0.15) is 10.4 Å². The van der Waals surface area contributed by atoms with Gasteiger partial charge < -0.3 is 14.8 Å². The number of benzene rings is 5. The maximum Gasteiger partial charge on any atom is 0.573 e. The molecular weight excluding hydrogens is 735 g/mol. The fraction of sp³-hybridized carbons (Fsp3) is 0.0571. The smallest absolute Gasteiger partial charge is 0.495 e. The lowest BCUT2D eigenvalue weighted by molar-refractivity contribution is -0.274. The molecule has 0 aliphatic rings. The van der Waals surface area contributed by atoms with Gasteiger partial charge in [-0.25, -0.2) is 14.4 Å². The Morgan fingerprint density at radius 1 is 0.800 bits per heavy atom. The van der Waals surface area contributed by atoms with E-state index in [4.69, 9.17) is 27.9 Å². The van der Waals surface area contributed by atoms with E-state index >= 15 is 0 Å². The van der Waals surface area contributed by atoms with Crippen LogP contribution in [0.4, 0.5) is 39.2 Å². The van der Waals surface area contributed by atoms with Crippen molar-refractivity contribution in [3.8, 4) is 11.5 Å². The highest BCUT2D eigenvalue weighted by Gasteiger charge is 2.31. The Morgan fingerprint density at radius 3 is 2.08 bits per heavy atom. The van der Waals surface area contributed by atoms with Crippen LogP contribution in [0.5, 0.6) is 11.5 Å². The number of methoxy groups -OCH3 is 1. The van der Waals surface area contributed by atoms with Crippen LogP contribution in [-0.4, -0.2) is 29.3 Å². The number of carbonyl (C=O) groups excluding carboxylic acids is 1. The van der Waals surface area contributed by atoms with Gasteiger partial charge in [-0.15, -0.1) is 13.2 Å². The van der Waals surface area contributed by atoms with Crippen molar-refractivity contribution in [1.82, 2.24) is 9.97 Å². The fourth-order valence-corrected chi connectivity index (χ4v) is 6.94. The lowest BCUT2D eigenvalue weighted by Crippen LogP contribution is -2.26. The van der Waals surface area contributed by atoms with E-state index in [-0.39, 0.29) is 16.3 Å². The lowest BCUT2D eigenvalue weighted by Gasteiger charge is -2.21. The molecule has 0 aliphatic carbocycles. The molecular formula is C35H22Cl2F4N4O3S2. The number of para-hydroxylation sites is 2. The van der Waals surface area contributed by atoms with Crippen LogP contribution in [0, 0.1) is 5.82 Å². The average molecular weight is 758 g/mol. The Balaban J connectivity index is 0.000000182. The lowest BCUT2D eigenvalue weighted by atomic mass is 10.1. The second-order valence-corrected chi connectivity index (χ2v) is 13.1. The summed E-state index contributed by atoms with van der Waals surface area (Å²) in [6.45, 7) is 0. The summed E-state index contributed by atoms with van der Waals surface area (Å²) < 4.78 is 60.7. The SMILES string of the molecule is COc1cc(N(C(=O)c2ccc(F)cc2Cl)c2nc3ccccc3s2)ccc1Cl.FC(F)(F)Oc1ccc(Nc2nc3ccccc3s2)cc1. The van der Waals surface area contributed by atoms with Gasteiger partial charge in [-0.05, 0) is 78.9 Å². The summed E-state index contributed by atoms with van der Waals surface area (Å²) in [6, 6.07) is 29.4. The maximum absolute atomic E-state index is 13.5. The molecule has 7 nitrogen and oxygen atoms in total. The Bertz CT molecular complexity index is 2230. The van der Waals surface area contributed by atoms with Crippen molar-refractivity contribution in [3.05, 3.63) is 131 Å². The fourth-order valence-electron chi connectivity index (χ4n) is 4.63. The monoisotopic (exact) mass is 756 g/mol. The molecule has 0 atom stereocenters. The molecule has 0 unspecified atom stereocenters. The van der Waals surface area contributed by atoms with Gasteiger partial charge in [0.1, 0.15) is 17.3 Å². The van der Waals surface area contributed by atoms with Crippen molar-refractivity contribution in [1.29, 1.82) is 0 Å². The van der Waals surface area contributed by atoms with Gasteiger partial charge in [-0.3, -0.25) is 9.69 Å². The van der Waals surface area contributed by atoms with E-state index in [9.17, 15) is 22.4 Å². The number of aromatic nitrogens is 2. The number of alkyl halides is 3. The number of nitrogens with zero attached hydrogens (tertiary/aromatic N) is 3. The average Bonchev–Trinajstić information content (AvgIpc) is 3.70. The molecule has 1 N–H and O–H groups in total. The van der Waals surface area contributed by atoms with Gasteiger partial charge in [0.05, 0.1) is 48.8 Å². The third-order valence-corrected chi connectivity index (χ3v) is 9.46. The van der Waals surface area contributed by atoms with Crippen molar-refractivity contribution in [2.45, 2.75) is 6.36 Å². The summed E-state index contributed by atoms with van der Waals surface area (Å²) in [5.41, 5.74) is 2.93. The summed E-state index contributed by atoms with van der Waals surface area (Å²) in [4.78, 5) is 23.9. The summed E-state index contributed by atoms with van der Waals surface area (Å²) in [6.07, 6.45) is -4.68. The quantitative estimate of drug-likeness (QED) is 0.163. The Hall–Kier alpha value is -4.95. The predicted octanol–water partition coefficient (Wildman–Crippen LogP) is 11.7. The minimum atomic E-state index is -4.68. The molecule has 1 amide bonds. The molecule has 5 aromatic carbocycles. The van der Waals surface area contributed by atoms with Gasteiger partial charge >= 0.3 is 6.36 Å². The third-order valence-electron chi connectivity index (χ3n) is 6.86. The van der Waals surface area contributed by atoms with Crippen LogP contribution in [0.2, 0.25) is 10.0 Å². The minimum Gasteiger partial charge on any atom is -0.495 e. The summed E-state index contributed by atoms with van der Waals surface area (Å²) >= 11 is 15.1. The molecule has 7 aromatic rings. The molecule has 15 heteroatoms. The molecule has 7 rings (SSSR count). The molecule has 0 radical (unpaired) electrons. The van der Waals surface area contributed by atoms with Gasteiger partial charge in [-0.1, -0.05) is 70.1 Å². The summed E-state index contributed by atoms with van der Waals surface area (Å²) in [5.74, 6) is -0.810. The van der Waals surface area contributed by atoms with E-state index in [1.165, 1.54) is 71.1 Å². The zero-order valence-electron chi connectivity index (χ0n) is 25.5. The van der Waals surface area contributed by atoms with E-state index < -0.39 is 18.1 Å². The highest BCUT2D eigenvalue weighted by Crippen LogP contribution is 2.38. The van der Waals surface area contributed by atoms with Crippen molar-refractivity contribution in [2.24, 2.45) is 0 Å². The molecule has 0 fully saturated rings. The van der Waals surface area contributed by atoms with Gasteiger partial charge in [0.25, 0.3) is 5.91 Å². The topological polar surface area (TPSA) is 76.6 Å². The molecule has 254 valence electrons. The molecule has 0 saturated heterocycles. The van der Waals surface area contributed by atoms with Gasteiger partial charge in [0, 0.05) is 11.8 Å². The van der Waals surface area contributed by atoms with Crippen LogP contribution in [-0.2, 0) is 0 Å². The number of nitrogens with one attached hydrogen (secondary N) is 1. The number of hydrogen-bond donors (Lipinski definition) is 1. The van der Waals surface area contributed by atoms with Gasteiger partial charge in [0.15, 0.2) is 10.3 Å². The third kappa shape index (κ3) is 8.25. The van der Waals surface area contributed by atoms with E-state index in [0.29, 0.717) is 32.4 Å². The number of amides is 1. The normalized spacial score (nSPS) is 11.2. The number of halogens is 6. The zero-order valence-corrected chi connectivity index (χ0v) is 28.7. The number of rotatable bonds is 7. The number of ether oxygens (including phenoxy) is 2. The molecule has 0 aliphatic heterocycles. The molecule has 2 aromatic heterocycles. The van der Waals surface area contributed by atoms with Crippen molar-refractivity contribution in [3.63, 3.8) is 0 Å². The number of carbonyl (C=O) groups is 1. The first-order valence-electron chi connectivity index (χ1n) is 14.4. The maximum atomic E-state index is 13.5. The second kappa shape index (κ2) is 14.9. The van der Waals surface area contributed by atoms with Gasteiger partial charge in [-0.2, -0.15) is 0 Å². The zero-order chi connectivity index (χ0) is 35.4. The predicted molar refractivity (Wildman–Crippen MR) is 192 cm³/mol. The first-order chi connectivity index (χ1) is 24.0. The van der Waals surface area contributed by atoms with Crippen LogP contribution in [0.25, 0.3) is 20.4 Å². The van der Waals surface area contributed by atoms with Crippen molar-refractivity contribution >= 4 is 93.9 Å². The summed E-state index contributed by atoms with van der Waals surface area (Å²) in [7, 11) is 1.49. The molecule has 0 spiro atoms. The van der Waals surface area contributed by atoms with Gasteiger partial charge in [0.2, 0.25) is 0 Å². The van der Waals surface area contributed by atoms with Crippen LogP contribution in [0.15, 0.2) is 109 Å². The first kappa shape index (κ1) is 34.9. The highest BCUT2D eigenvalue weighted by molar-refractivity contribution is 7.22. The Morgan fingerprint density at radius 2 is 1.46 bits per heavy atom. The highest BCUT2D eigenvalue weighted by atomic mass is 35.5. The number of thiazole rings is 2. The molecule has 0 bridgehead atoms. The number of anilines is 4. The Labute approximate surface area is 300 Å². The number of fused-ring (bicyclic) bond motifs is 2. The van der Waals surface area contributed by atoms with Crippen LogP contribution in [0.3, 0.4) is 0 Å². The van der Waals surface area contributed by atoms with E-state index in [1.807, 2.05) is 48.5 Å². The summed E-state index contributed by atoms with van der Waals surface area (Å²) in [5, 5.41) is 4.61. The van der Waals surface area contributed by atoms with Crippen LogP contribution < -0.4 is 19.7 Å². The second-order valence-electron chi connectivity index (χ2n) is 10.2. The number of hydrogen-bond acceptors (Lipinski definition) is 8. The minimum absolute atomic E-state index is 0.0158. The van der Waals surface area contributed by atoms with Crippen molar-refractivity contribution < 1.29 is 31.8 Å². The van der Waals surface area contributed by atoms with E-state index in [2.05, 4.69) is 20.0 Å². The Kier molecular flexibility index (Phi) is 10.4. The molecule has 0 saturated carbocycles. The molecule has 2 heterocycles. The molecule has 50 heavy (non-hydrogen) atoms. The van der Waals surface area contributed by atoms with E-state index in [0.717, 1.165) is 26.5 Å². The van der Waals surface area contributed by atoms with Crippen molar-refractivity contribution in [2.75, 3.05) is 17.3 Å². The van der Waals surface area contributed by atoms with Crippen LogP contribution >= 0.6 is 45.9 Å². The standard InChI is InChI=1S/C21H13Cl2FN2O2S.C14H9F3N2OS/c1-28-18-11-13(7-9-15(18)22)26(20(27)14-8-6-12(24)10-16(14)23)21-25-17-4-2-3-5-19(17)29-21;15-14(16,17)20-10-7-5-9(6-8-10)18-13-19-11-3-1-2-4-12(11)21-13/h2-11H,1H3;1-8H,(H,18,19). The van der Waals surface area contributed by atoms with E-state index in [1.54, 1.807) is 18.2 Å².